The maximum Gasteiger partial charge on any atom is 0.338 e. The second-order valence-electron chi connectivity index (χ2n) is 10.4. The van der Waals surface area contributed by atoms with Gasteiger partial charge >= 0.3 is 11.9 Å². The smallest absolute Gasteiger partial charge is 0.338 e. The summed E-state index contributed by atoms with van der Waals surface area (Å²) < 4.78 is 19.9. The number of hydrogen-bond donors (Lipinski definition) is 0. The second kappa shape index (κ2) is 12.8. The standard InChI is InChI=1S/C35H30N4O6S/c1-5-44-34(42)30-21(2)36-35-39(32(30)24-16-17-27(45-22(3)40)28(18-24)43-4)33(41)29(46-35)19-25-20-38(26-14-10-7-11-15-26)37-31(25)23-12-8-6-9-13-23/h6-20,32H,5H2,1-4H3/b29-19+/t32-/m1/s1. The number of para-hydroxylation sites is 1. The zero-order chi connectivity index (χ0) is 32.4. The zero-order valence-corrected chi connectivity index (χ0v) is 26.4. The van der Waals surface area contributed by atoms with Gasteiger partial charge < -0.3 is 14.2 Å². The van der Waals surface area contributed by atoms with Gasteiger partial charge in [0.2, 0.25) is 0 Å². The molecule has 0 aliphatic carbocycles. The number of carbonyl (C=O) groups excluding carboxylic acids is 2. The van der Waals surface area contributed by atoms with Crippen molar-refractivity contribution in [3.05, 3.63) is 127 Å². The molecule has 232 valence electrons. The minimum Gasteiger partial charge on any atom is -0.493 e. The Morgan fingerprint density at radius 3 is 2.39 bits per heavy atom. The zero-order valence-electron chi connectivity index (χ0n) is 25.6. The first-order valence-corrected chi connectivity index (χ1v) is 15.4. The molecule has 3 aromatic carbocycles. The molecular weight excluding hydrogens is 604 g/mol. The quantitative estimate of drug-likeness (QED) is 0.181. The van der Waals surface area contributed by atoms with Crippen molar-refractivity contribution in [3.63, 3.8) is 0 Å². The monoisotopic (exact) mass is 634 g/mol. The van der Waals surface area contributed by atoms with Crippen LogP contribution >= 0.6 is 11.3 Å². The molecule has 0 fully saturated rings. The summed E-state index contributed by atoms with van der Waals surface area (Å²) >= 11 is 1.22. The van der Waals surface area contributed by atoms with Crippen LogP contribution in [0.4, 0.5) is 0 Å². The first-order chi connectivity index (χ1) is 22.3. The van der Waals surface area contributed by atoms with E-state index in [1.807, 2.05) is 72.9 Å². The largest absolute Gasteiger partial charge is 0.493 e. The van der Waals surface area contributed by atoms with Gasteiger partial charge in [-0.25, -0.2) is 14.5 Å². The number of carbonyl (C=O) groups is 2. The lowest BCUT2D eigenvalue weighted by Gasteiger charge is -2.25. The van der Waals surface area contributed by atoms with E-state index >= 15 is 0 Å². The summed E-state index contributed by atoms with van der Waals surface area (Å²) in [4.78, 5) is 44.4. The van der Waals surface area contributed by atoms with Crippen LogP contribution in [0, 0.1) is 0 Å². The van der Waals surface area contributed by atoms with Crippen molar-refractivity contribution in [1.82, 2.24) is 14.3 Å². The Bertz CT molecular complexity index is 2160. The van der Waals surface area contributed by atoms with Crippen molar-refractivity contribution in [1.29, 1.82) is 0 Å². The minimum absolute atomic E-state index is 0.148. The first-order valence-electron chi connectivity index (χ1n) is 14.6. The summed E-state index contributed by atoms with van der Waals surface area (Å²) in [6.45, 7) is 4.88. The number of fused-ring (bicyclic) bond motifs is 1. The molecule has 5 aromatic rings. The van der Waals surface area contributed by atoms with Gasteiger partial charge in [-0.15, -0.1) is 0 Å². The van der Waals surface area contributed by atoms with E-state index < -0.39 is 18.0 Å². The average Bonchev–Trinajstić information content (AvgIpc) is 3.61. The Hall–Kier alpha value is -5.55. The fourth-order valence-corrected chi connectivity index (χ4v) is 6.41. The maximum atomic E-state index is 14.3. The molecule has 0 spiro atoms. The summed E-state index contributed by atoms with van der Waals surface area (Å²) in [7, 11) is 1.45. The molecule has 1 aliphatic heterocycles. The third-order valence-electron chi connectivity index (χ3n) is 7.37. The van der Waals surface area contributed by atoms with Gasteiger partial charge in [0.05, 0.1) is 46.9 Å². The highest BCUT2D eigenvalue weighted by Crippen LogP contribution is 2.36. The molecule has 0 saturated carbocycles. The van der Waals surface area contributed by atoms with Crippen molar-refractivity contribution >= 4 is 29.4 Å². The minimum atomic E-state index is -0.877. The second-order valence-corrected chi connectivity index (χ2v) is 11.4. The van der Waals surface area contributed by atoms with Crippen molar-refractivity contribution in [2.45, 2.75) is 26.8 Å². The molecule has 3 heterocycles. The molecule has 0 bridgehead atoms. The van der Waals surface area contributed by atoms with E-state index in [4.69, 9.17) is 19.3 Å². The van der Waals surface area contributed by atoms with Crippen LogP contribution in [-0.2, 0) is 14.3 Å². The molecule has 1 atom stereocenters. The van der Waals surface area contributed by atoms with Gasteiger partial charge in [0.15, 0.2) is 16.3 Å². The molecule has 0 radical (unpaired) electrons. The van der Waals surface area contributed by atoms with Crippen LogP contribution in [0.5, 0.6) is 11.5 Å². The lowest BCUT2D eigenvalue weighted by molar-refractivity contribution is -0.139. The number of allylic oxidation sites excluding steroid dienone is 1. The molecular formula is C35H30N4O6S. The third kappa shape index (κ3) is 5.80. The average molecular weight is 635 g/mol. The van der Waals surface area contributed by atoms with Crippen LogP contribution in [0.2, 0.25) is 0 Å². The van der Waals surface area contributed by atoms with Gasteiger partial charge in [-0.1, -0.05) is 65.9 Å². The van der Waals surface area contributed by atoms with Crippen molar-refractivity contribution < 1.29 is 23.8 Å². The summed E-state index contributed by atoms with van der Waals surface area (Å²) in [5.74, 6) is -0.601. The summed E-state index contributed by atoms with van der Waals surface area (Å²) in [6, 6.07) is 23.5. The van der Waals surface area contributed by atoms with Crippen LogP contribution in [0.3, 0.4) is 0 Å². The number of esters is 2. The summed E-state index contributed by atoms with van der Waals surface area (Å²) in [5, 5.41) is 4.88. The Morgan fingerprint density at radius 1 is 1.00 bits per heavy atom. The van der Waals surface area contributed by atoms with Crippen molar-refractivity contribution in [3.8, 4) is 28.4 Å². The van der Waals surface area contributed by atoms with E-state index in [1.165, 1.54) is 29.9 Å². The normalized spacial score (nSPS) is 14.4. The van der Waals surface area contributed by atoms with E-state index in [9.17, 15) is 14.4 Å². The Morgan fingerprint density at radius 2 is 1.72 bits per heavy atom. The molecule has 6 rings (SSSR count). The van der Waals surface area contributed by atoms with Gasteiger partial charge in [-0.3, -0.25) is 14.2 Å². The molecule has 10 nitrogen and oxygen atoms in total. The summed E-state index contributed by atoms with van der Waals surface area (Å²) in [5.41, 5.74) is 4.10. The van der Waals surface area contributed by atoms with E-state index in [-0.39, 0.29) is 29.2 Å². The van der Waals surface area contributed by atoms with Crippen molar-refractivity contribution in [2.24, 2.45) is 4.99 Å². The Labute approximate surface area is 268 Å². The van der Waals surface area contributed by atoms with E-state index in [1.54, 1.807) is 36.7 Å². The fraction of sp³-hybridized carbons (Fsp3) is 0.171. The molecule has 1 aliphatic rings. The number of aromatic nitrogens is 3. The van der Waals surface area contributed by atoms with Crippen LogP contribution in [0.1, 0.15) is 37.9 Å². The summed E-state index contributed by atoms with van der Waals surface area (Å²) in [6.07, 6.45) is 3.70. The Kier molecular flexibility index (Phi) is 8.49. The molecule has 11 heteroatoms. The molecule has 46 heavy (non-hydrogen) atoms. The number of rotatable bonds is 8. The number of thiazole rings is 1. The van der Waals surface area contributed by atoms with Crippen LogP contribution in [0.15, 0.2) is 106 Å². The van der Waals surface area contributed by atoms with Crippen LogP contribution in [-0.4, -0.2) is 40.0 Å². The van der Waals surface area contributed by atoms with Crippen LogP contribution < -0.4 is 24.4 Å². The van der Waals surface area contributed by atoms with E-state index in [0.29, 0.717) is 26.3 Å². The van der Waals surface area contributed by atoms with Gasteiger partial charge in [0.25, 0.3) is 5.56 Å². The SMILES string of the molecule is CCOC(=O)C1=C(C)N=c2s/c(=C/c3cn(-c4ccccc4)nc3-c3ccccc3)c(=O)n2[C@@H]1c1ccc(OC(C)=O)c(OC)c1. The molecule has 2 aromatic heterocycles. The van der Waals surface area contributed by atoms with Gasteiger partial charge in [0.1, 0.15) is 0 Å². The number of benzene rings is 3. The third-order valence-corrected chi connectivity index (χ3v) is 8.35. The molecule has 0 amide bonds. The molecule has 0 unspecified atom stereocenters. The van der Waals surface area contributed by atoms with Gasteiger partial charge in [-0.2, -0.15) is 5.10 Å². The number of methoxy groups -OCH3 is 1. The topological polar surface area (TPSA) is 114 Å². The Balaban J connectivity index is 1.55. The maximum absolute atomic E-state index is 14.3. The van der Waals surface area contributed by atoms with Gasteiger partial charge in [0, 0.05) is 24.2 Å². The number of nitrogens with zero attached hydrogens (tertiary/aromatic N) is 4. The predicted octanol–water partition coefficient (Wildman–Crippen LogP) is 4.58. The highest BCUT2D eigenvalue weighted by Gasteiger charge is 2.34. The van der Waals surface area contributed by atoms with E-state index in [2.05, 4.69) is 4.99 Å². The van der Waals surface area contributed by atoms with E-state index in [0.717, 1.165) is 16.8 Å². The fourth-order valence-electron chi connectivity index (χ4n) is 5.37. The highest BCUT2D eigenvalue weighted by atomic mass is 32.1. The molecule has 0 N–H and O–H groups in total. The van der Waals surface area contributed by atoms with Crippen LogP contribution in [0.25, 0.3) is 23.0 Å². The lowest BCUT2D eigenvalue weighted by atomic mass is 9.95. The number of ether oxygens (including phenoxy) is 3. The van der Waals surface area contributed by atoms with Crippen molar-refractivity contribution in [2.75, 3.05) is 13.7 Å². The first kappa shape index (κ1) is 30.5. The van der Waals surface area contributed by atoms with Gasteiger partial charge in [-0.05, 0) is 49.8 Å². The number of hydrogen-bond acceptors (Lipinski definition) is 9. The highest BCUT2D eigenvalue weighted by molar-refractivity contribution is 7.07. The lowest BCUT2D eigenvalue weighted by Crippen LogP contribution is -2.40. The molecule has 0 saturated heterocycles. The predicted molar refractivity (Wildman–Crippen MR) is 174 cm³/mol.